The van der Waals surface area contributed by atoms with E-state index in [9.17, 15) is 14.4 Å². The molecule has 0 radical (unpaired) electrons. The highest BCUT2D eigenvalue weighted by atomic mass is 16.4. The monoisotopic (exact) mass is 265 g/mol. The number of anilines is 1. The van der Waals surface area contributed by atoms with Crippen LogP contribution in [0.2, 0.25) is 0 Å². The SMILES string of the molecule is NC(=O)CC(N)C(=O)Nc1ccc(CC(=O)O)cc1. The van der Waals surface area contributed by atoms with Crippen molar-refractivity contribution in [3.63, 3.8) is 0 Å². The second-order valence-corrected chi connectivity index (χ2v) is 4.03. The summed E-state index contributed by atoms with van der Waals surface area (Å²) in [6, 6.07) is 5.30. The second-order valence-electron chi connectivity index (χ2n) is 4.03. The third kappa shape index (κ3) is 5.17. The van der Waals surface area contributed by atoms with E-state index in [1.807, 2.05) is 0 Å². The number of carbonyl (C=O) groups is 3. The highest BCUT2D eigenvalue weighted by molar-refractivity contribution is 5.97. The van der Waals surface area contributed by atoms with Gasteiger partial charge in [-0.2, -0.15) is 0 Å². The van der Waals surface area contributed by atoms with E-state index in [0.29, 0.717) is 11.3 Å². The molecule has 1 aromatic rings. The van der Waals surface area contributed by atoms with Gasteiger partial charge in [-0.3, -0.25) is 14.4 Å². The number of nitrogens with one attached hydrogen (secondary N) is 1. The Kier molecular flexibility index (Phi) is 5.01. The Labute approximate surface area is 109 Å². The number of carboxylic acids is 1. The molecule has 7 heteroatoms. The number of carboxylic acid groups (broad SMARTS) is 1. The minimum atomic E-state index is -1.00. The first-order valence-electron chi connectivity index (χ1n) is 5.54. The molecule has 0 aliphatic carbocycles. The molecule has 0 fully saturated rings. The van der Waals surface area contributed by atoms with E-state index in [2.05, 4.69) is 5.32 Å². The van der Waals surface area contributed by atoms with E-state index in [0.717, 1.165) is 0 Å². The Balaban J connectivity index is 2.60. The van der Waals surface area contributed by atoms with Crippen LogP contribution in [0.4, 0.5) is 5.69 Å². The lowest BCUT2D eigenvalue weighted by atomic mass is 10.1. The number of nitrogens with two attached hydrogens (primary N) is 2. The highest BCUT2D eigenvalue weighted by Crippen LogP contribution is 2.10. The van der Waals surface area contributed by atoms with Gasteiger partial charge in [0.15, 0.2) is 0 Å². The number of amides is 2. The standard InChI is InChI=1S/C12H15N3O4/c13-9(6-10(14)16)12(19)15-8-3-1-7(2-4-8)5-11(17)18/h1-4,9H,5-6,13H2,(H2,14,16)(H,15,19)(H,17,18). The fourth-order valence-corrected chi connectivity index (χ4v) is 1.42. The van der Waals surface area contributed by atoms with Gasteiger partial charge in [-0.05, 0) is 17.7 Å². The van der Waals surface area contributed by atoms with Crippen molar-refractivity contribution in [3.8, 4) is 0 Å². The zero-order chi connectivity index (χ0) is 14.4. The van der Waals surface area contributed by atoms with Crippen LogP contribution >= 0.6 is 0 Å². The Morgan fingerprint density at radius 2 is 1.79 bits per heavy atom. The lowest BCUT2D eigenvalue weighted by Crippen LogP contribution is -2.38. The quantitative estimate of drug-likeness (QED) is 0.547. The molecule has 1 rings (SSSR count). The van der Waals surface area contributed by atoms with Crippen molar-refractivity contribution in [3.05, 3.63) is 29.8 Å². The maximum absolute atomic E-state index is 11.6. The number of benzene rings is 1. The average molecular weight is 265 g/mol. The van der Waals surface area contributed by atoms with Crippen LogP contribution in [-0.2, 0) is 20.8 Å². The summed E-state index contributed by atoms with van der Waals surface area (Å²) < 4.78 is 0. The molecule has 0 heterocycles. The molecule has 1 unspecified atom stereocenters. The van der Waals surface area contributed by atoms with Crippen molar-refractivity contribution < 1.29 is 19.5 Å². The van der Waals surface area contributed by atoms with Gasteiger partial charge in [-0.25, -0.2) is 0 Å². The van der Waals surface area contributed by atoms with Gasteiger partial charge in [-0.1, -0.05) is 12.1 Å². The van der Waals surface area contributed by atoms with Gasteiger partial charge >= 0.3 is 5.97 Å². The number of carbonyl (C=O) groups excluding carboxylic acids is 2. The first-order chi connectivity index (χ1) is 8.88. The van der Waals surface area contributed by atoms with Crippen molar-refractivity contribution in [2.75, 3.05) is 5.32 Å². The topological polar surface area (TPSA) is 136 Å². The van der Waals surface area contributed by atoms with Crippen molar-refractivity contribution >= 4 is 23.5 Å². The Morgan fingerprint density at radius 1 is 1.21 bits per heavy atom. The molecule has 0 aromatic heterocycles. The zero-order valence-corrected chi connectivity index (χ0v) is 10.1. The van der Waals surface area contributed by atoms with Crippen molar-refractivity contribution in [1.29, 1.82) is 0 Å². The molecule has 7 nitrogen and oxygen atoms in total. The zero-order valence-electron chi connectivity index (χ0n) is 10.1. The predicted molar refractivity (Wildman–Crippen MR) is 68.2 cm³/mol. The van der Waals surface area contributed by atoms with Gasteiger partial charge in [0.05, 0.1) is 18.9 Å². The van der Waals surface area contributed by atoms with Crippen LogP contribution in [0, 0.1) is 0 Å². The maximum atomic E-state index is 11.6. The van der Waals surface area contributed by atoms with Gasteiger partial charge in [0.1, 0.15) is 0 Å². The summed E-state index contributed by atoms with van der Waals surface area (Å²) in [4.78, 5) is 32.7. The van der Waals surface area contributed by atoms with Crippen LogP contribution in [0.25, 0.3) is 0 Å². The van der Waals surface area contributed by atoms with E-state index in [1.165, 1.54) is 0 Å². The maximum Gasteiger partial charge on any atom is 0.307 e. The van der Waals surface area contributed by atoms with Gasteiger partial charge in [0.2, 0.25) is 11.8 Å². The fourth-order valence-electron chi connectivity index (χ4n) is 1.42. The van der Waals surface area contributed by atoms with Gasteiger partial charge in [0.25, 0.3) is 0 Å². The Bertz CT molecular complexity index is 484. The highest BCUT2D eigenvalue weighted by Gasteiger charge is 2.15. The lowest BCUT2D eigenvalue weighted by molar-refractivity contribution is -0.136. The average Bonchev–Trinajstić information content (AvgIpc) is 2.30. The van der Waals surface area contributed by atoms with Crippen molar-refractivity contribution in [1.82, 2.24) is 0 Å². The number of hydrogen-bond donors (Lipinski definition) is 4. The smallest absolute Gasteiger partial charge is 0.307 e. The number of primary amides is 1. The van der Waals surface area contributed by atoms with Crippen LogP contribution in [0.5, 0.6) is 0 Å². The molecule has 19 heavy (non-hydrogen) atoms. The second kappa shape index (κ2) is 6.50. The van der Waals surface area contributed by atoms with E-state index < -0.39 is 23.8 Å². The largest absolute Gasteiger partial charge is 0.481 e. The number of hydrogen-bond acceptors (Lipinski definition) is 4. The molecular formula is C12H15N3O4. The van der Waals surface area contributed by atoms with E-state index >= 15 is 0 Å². The lowest BCUT2D eigenvalue weighted by Gasteiger charge is -2.10. The molecule has 2 amide bonds. The normalized spacial score (nSPS) is 11.6. The van der Waals surface area contributed by atoms with Gasteiger partial charge < -0.3 is 21.9 Å². The van der Waals surface area contributed by atoms with Crippen molar-refractivity contribution in [2.24, 2.45) is 11.5 Å². The Morgan fingerprint density at radius 3 is 2.26 bits per heavy atom. The summed E-state index contributed by atoms with van der Waals surface area (Å²) in [5.41, 5.74) is 11.5. The summed E-state index contributed by atoms with van der Waals surface area (Å²) >= 11 is 0. The molecule has 1 aromatic carbocycles. The molecule has 6 N–H and O–H groups in total. The van der Waals surface area contributed by atoms with Gasteiger partial charge in [-0.15, -0.1) is 0 Å². The summed E-state index contributed by atoms with van der Waals surface area (Å²) in [6.07, 6.45) is -0.321. The minimum Gasteiger partial charge on any atom is -0.481 e. The van der Waals surface area contributed by atoms with Crippen LogP contribution in [0.1, 0.15) is 12.0 Å². The van der Waals surface area contributed by atoms with E-state index in [-0.39, 0.29) is 12.8 Å². The number of aliphatic carboxylic acids is 1. The molecular weight excluding hydrogens is 250 g/mol. The van der Waals surface area contributed by atoms with Crippen LogP contribution < -0.4 is 16.8 Å². The third-order valence-corrected chi connectivity index (χ3v) is 2.33. The first-order valence-corrected chi connectivity index (χ1v) is 5.54. The van der Waals surface area contributed by atoms with Crippen LogP contribution in [0.3, 0.4) is 0 Å². The van der Waals surface area contributed by atoms with Crippen LogP contribution in [0.15, 0.2) is 24.3 Å². The number of rotatable bonds is 6. The predicted octanol–water partition coefficient (Wildman–Crippen LogP) is -0.545. The fraction of sp³-hybridized carbons (Fsp3) is 0.250. The first kappa shape index (κ1) is 14.7. The molecule has 0 aliphatic rings. The molecule has 0 bridgehead atoms. The van der Waals surface area contributed by atoms with Gasteiger partial charge in [0, 0.05) is 5.69 Å². The summed E-state index contributed by atoms with van der Waals surface area (Å²) in [6.45, 7) is 0. The Hall–Kier alpha value is -2.41. The van der Waals surface area contributed by atoms with E-state index in [1.54, 1.807) is 24.3 Å². The molecule has 0 aliphatic heterocycles. The summed E-state index contributed by atoms with van der Waals surface area (Å²) in [5.74, 6) is -2.11. The molecule has 1 atom stereocenters. The molecule has 102 valence electrons. The third-order valence-electron chi connectivity index (χ3n) is 2.33. The van der Waals surface area contributed by atoms with E-state index in [4.69, 9.17) is 16.6 Å². The molecule has 0 saturated heterocycles. The molecule has 0 saturated carbocycles. The molecule has 0 spiro atoms. The van der Waals surface area contributed by atoms with Crippen LogP contribution in [-0.4, -0.2) is 28.9 Å². The summed E-state index contributed by atoms with van der Waals surface area (Å²) in [7, 11) is 0. The minimum absolute atomic E-state index is 0.0879. The summed E-state index contributed by atoms with van der Waals surface area (Å²) in [5, 5.41) is 11.1. The van der Waals surface area contributed by atoms with Crippen molar-refractivity contribution in [2.45, 2.75) is 18.9 Å².